The Balaban J connectivity index is 1.89. The van der Waals surface area contributed by atoms with E-state index in [1.54, 1.807) is 6.33 Å². The number of hydrogen-bond acceptors (Lipinski definition) is 5. The minimum absolute atomic E-state index is 0.681. The zero-order valence-electron chi connectivity index (χ0n) is 13.5. The molecule has 3 rings (SSSR count). The smallest absolute Gasteiger partial charge is 0.137 e. The number of rotatable bonds is 4. The van der Waals surface area contributed by atoms with Crippen molar-refractivity contribution in [2.45, 2.75) is 51.1 Å². The molecule has 21 heavy (non-hydrogen) atoms. The quantitative estimate of drug-likeness (QED) is 0.920. The van der Waals surface area contributed by atoms with Gasteiger partial charge in [0.2, 0.25) is 0 Å². The van der Waals surface area contributed by atoms with Gasteiger partial charge in [-0.15, -0.1) is 0 Å². The van der Waals surface area contributed by atoms with E-state index in [2.05, 4.69) is 39.1 Å². The van der Waals surface area contributed by atoms with E-state index in [1.807, 2.05) is 7.05 Å². The van der Waals surface area contributed by atoms with Gasteiger partial charge in [0.1, 0.15) is 18.0 Å². The van der Waals surface area contributed by atoms with Crippen LogP contribution in [-0.4, -0.2) is 54.1 Å². The number of fused-ring (bicyclic) bond motifs is 2. The second-order valence-corrected chi connectivity index (χ2v) is 6.31. The van der Waals surface area contributed by atoms with E-state index in [1.165, 1.54) is 24.8 Å². The summed E-state index contributed by atoms with van der Waals surface area (Å²) < 4.78 is 0. The maximum atomic E-state index is 4.64. The van der Waals surface area contributed by atoms with Gasteiger partial charge in [0.25, 0.3) is 0 Å². The van der Waals surface area contributed by atoms with Crippen LogP contribution in [0, 0.1) is 0 Å². The average Bonchev–Trinajstić information content (AvgIpc) is 2.73. The Labute approximate surface area is 127 Å². The molecule has 0 spiro atoms. The Morgan fingerprint density at radius 1 is 1.24 bits per heavy atom. The fourth-order valence-electron chi connectivity index (χ4n) is 3.87. The summed E-state index contributed by atoms with van der Waals surface area (Å²) in [5, 5.41) is 3.23. The maximum Gasteiger partial charge on any atom is 0.137 e. The van der Waals surface area contributed by atoms with E-state index < -0.39 is 0 Å². The molecule has 5 heteroatoms. The predicted molar refractivity (Wildman–Crippen MR) is 87.0 cm³/mol. The molecule has 1 aromatic heterocycles. The highest BCUT2D eigenvalue weighted by atomic mass is 15.3. The lowest BCUT2D eigenvalue weighted by molar-refractivity contribution is 0.254. The molecule has 5 nitrogen and oxygen atoms in total. The lowest BCUT2D eigenvalue weighted by Crippen LogP contribution is -2.37. The Morgan fingerprint density at radius 2 is 2.05 bits per heavy atom. The van der Waals surface area contributed by atoms with Gasteiger partial charge in [0.05, 0.1) is 0 Å². The summed E-state index contributed by atoms with van der Waals surface area (Å²) in [6.07, 6.45) is 7.79. The second-order valence-electron chi connectivity index (χ2n) is 6.31. The first-order valence-electron chi connectivity index (χ1n) is 8.23. The molecule has 0 aliphatic carbocycles. The van der Waals surface area contributed by atoms with Gasteiger partial charge in [-0.05, 0) is 32.7 Å². The van der Waals surface area contributed by atoms with Crippen LogP contribution in [0.15, 0.2) is 6.33 Å². The van der Waals surface area contributed by atoms with Crippen LogP contribution in [0.2, 0.25) is 0 Å². The minimum atomic E-state index is 0.681. The summed E-state index contributed by atoms with van der Waals surface area (Å²) >= 11 is 0. The zero-order chi connectivity index (χ0) is 14.8. The summed E-state index contributed by atoms with van der Waals surface area (Å²) in [6, 6.07) is 1.44. The highest BCUT2D eigenvalue weighted by Crippen LogP contribution is 2.32. The molecular formula is C16H27N5. The summed E-state index contributed by atoms with van der Waals surface area (Å²) in [5.74, 6) is 2.14. The average molecular weight is 289 g/mol. The number of hydrogen-bond donors (Lipinski definition) is 1. The molecule has 0 amide bonds. The predicted octanol–water partition coefficient (Wildman–Crippen LogP) is 2.14. The van der Waals surface area contributed by atoms with Crippen molar-refractivity contribution in [3.63, 3.8) is 0 Å². The molecule has 2 aliphatic rings. The highest BCUT2D eigenvalue weighted by molar-refractivity contribution is 5.59. The van der Waals surface area contributed by atoms with E-state index in [-0.39, 0.29) is 0 Å². The largest absolute Gasteiger partial charge is 0.373 e. The SMILES string of the molecule is CCCc1c(NC)ncnc1N1CCC2CCC(C1)N2C. The van der Waals surface area contributed by atoms with Crippen molar-refractivity contribution < 1.29 is 0 Å². The summed E-state index contributed by atoms with van der Waals surface area (Å²) in [6.45, 7) is 4.43. The van der Waals surface area contributed by atoms with Crippen LogP contribution in [0.1, 0.15) is 38.2 Å². The standard InChI is InChI=1S/C16H27N5/c1-4-5-14-15(17-2)18-11-19-16(14)21-9-8-12-6-7-13(10-21)20(12)3/h11-13H,4-10H2,1-3H3,(H,17,18,19). The number of nitrogens with zero attached hydrogens (tertiary/aromatic N) is 4. The van der Waals surface area contributed by atoms with Crippen molar-refractivity contribution in [1.29, 1.82) is 0 Å². The van der Waals surface area contributed by atoms with Crippen LogP contribution in [0.25, 0.3) is 0 Å². The topological polar surface area (TPSA) is 44.3 Å². The van der Waals surface area contributed by atoms with Crippen molar-refractivity contribution in [3.05, 3.63) is 11.9 Å². The van der Waals surface area contributed by atoms with Gasteiger partial charge < -0.3 is 10.2 Å². The van der Waals surface area contributed by atoms with Crippen molar-refractivity contribution in [1.82, 2.24) is 14.9 Å². The van der Waals surface area contributed by atoms with E-state index >= 15 is 0 Å². The van der Waals surface area contributed by atoms with Gasteiger partial charge in [-0.1, -0.05) is 13.3 Å². The molecule has 2 bridgehead atoms. The Hall–Kier alpha value is -1.36. The van der Waals surface area contributed by atoms with E-state index in [0.29, 0.717) is 6.04 Å². The minimum Gasteiger partial charge on any atom is -0.373 e. The molecule has 2 aliphatic heterocycles. The third-order valence-corrected chi connectivity index (χ3v) is 5.11. The van der Waals surface area contributed by atoms with Gasteiger partial charge in [0, 0.05) is 37.8 Å². The van der Waals surface area contributed by atoms with Crippen LogP contribution >= 0.6 is 0 Å². The molecule has 2 saturated heterocycles. The van der Waals surface area contributed by atoms with Crippen molar-refractivity contribution >= 4 is 11.6 Å². The van der Waals surface area contributed by atoms with Crippen LogP contribution in [-0.2, 0) is 6.42 Å². The maximum absolute atomic E-state index is 4.64. The van der Waals surface area contributed by atoms with Crippen molar-refractivity contribution in [3.8, 4) is 0 Å². The van der Waals surface area contributed by atoms with E-state index in [0.717, 1.165) is 43.6 Å². The highest BCUT2D eigenvalue weighted by Gasteiger charge is 2.35. The third-order valence-electron chi connectivity index (χ3n) is 5.11. The van der Waals surface area contributed by atoms with E-state index in [9.17, 15) is 0 Å². The summed E-state index contributed by atoms with van der Waals surface area (Å²) in [7, 11) is 4.24. The first-order valence-corrected chi connectivity index (χ1v) is 8.23. The molecule has 3 heterocycles. The second kappa shape index (κ2) is 6.18. The third kappa shape index (κ3) is 2.71. The van der Waals surface area contributed by atoms with Gasteiger partial charge >= 0.3 is 0 Å². The number of anilines is 2. The fourth-order valence-corrected chi connectivity index (χ4v) is 3.87. The number of likely N-dealkylation sites (N-methyl/N-ethyl adjacent to an activating group) is 1. The van der Waals surface area contributed by atoms with Gasteiger partial charge in [-0.2, -0.15) is 0 Å². The van der Waals surface area contributed by atoms with Crippen LogP contribution in [0.5, 0.6) is 0 Å². The van der Waals surface area contributed by atoms with Crippen LogP contribution in [0.3, 0.4) is 0 Å². The molecule has 0 aromatic carbocycles. The zero-order valence-corrected chi connectivity index (χ0v) is 13.5. The van der Waals surface area contributed by atoms with Crippen molar-refractivity contribution in [2.75, 3.05) is 37.4 Å². The molecule has 0 saturated carbocycles. The van der Waals surface area contributed by atoms with Gasteiger partial charge in [-0.3, -0.25) is 4.90 Å². The Morgan fingerprint density at radius 3 is 2.81 bits per heavy atom. The Kier molecular flexibility index (Phi) is 4.29. The van der Waals surface area contributed by atoms with Crippen molar-refractivity contribution in [2.24, 2.45) is 0 Å². The number of nitrogens with one attached hydrogen (secondary N) is 1. The van der Waals surface area contributed by atoms with Gasteiger partial charge in [0.15, 0.2) is 0 Å². The first-order chi connectivity index (χ1) is 10.2. The molecule has 2 fully saturated rings. The molecule has 1 N–H and O–H groups in total. The molecule has 2 atom stereocenters. The first kappa shape index (κ1) is 14.6. The normalized spacial score (nSPS) is 26.0. The molecule has 0 radical (unpaired) electrons. The molecule has 116 valence electrons. The monoisotopic (exact) mass is 289 g/mol. The summed E-state index contributed by atoms with van der Waals surface area (Å²) in [4.78, 5) is 14.1. The number of aromatic nitrogens is 2. The summed E-state index contributed by atoms with van der Waals surface area (Å²) in [5.41, 5.74) is 1.28. The van der Waals surface area contributed by atoms with Crippen LogP contribution in [0.4, 0.5) is 11.6 Å². The lowest BCUT2D eigenvalue weighted by atomic mass is 10.1. The van der Waals surface area contributed by atoms with Crippen LogP contribution < -0.4 is 10.2 Å². The van der Waals surface area contributed by atoms with Gasteiger partial charge in [-0.25, -0.2) is 9.97 Å². The molecule has 2 unspecified atom stereocenters. The molecular weight excluding hydrogens is 262 g/mol. The van der Waals surface area contributed by atoms with E-state index in [4.69, 9.17) is 0 Å². The lowest BCUT2D eigenvalue weighted by Gasteiger charge is -2.28. The fraction of sp³-hybridized carbons (Fsp3) is 0.750. The Bertz CT molecular complexity index is 490. The molecule has 1 aromatic rings.